The number of nitrogens with zero attached hydrogens (tertiary/aromatic N) is 2. The van der Waals surface area contributed by atoms with E-state index in [-0.39, 0.29) is 23.4 Å². The molecule has 3 amide bonds. The summed E-state index contributed by atoms with van der Waals surface area (Å²) in [6, 6.07) is 19.5. The molecule has 0 radical (unpaired) electrons. The minimum Gasteiger partial charge on any atom is -0.339 e. The van der Waals surface area contributed by atoms with Crippen LogP contribution in [0.5, 0.6) is 0 Å². The molecule has 0 aromatic heterocycles. The number of anilines is 1. The summed E-state index contributed by atoms with van der Waals surface area (Å²) in [5.74, 6) is 0.129. The molecule has 2 aliphatic heterocycles. The predicted molar refractivity (Wildman–Crippen MR) is 106 cm³/mol. The lowest BCUT2D eigenvalue weighted by molar-refractivity contribution is -0.131. The fourth-order valence-electron chi connectivity index (χ4n) is 4.41. The molecule has 27 heavy (non-hydrogen) atoms. The zero-order valence-corrected chi connectivity index (χ0v) is 15.6. The number of urea groups is 1. The number of para-hydroxylation sites is 1. The molecule has 1 spiro atoms. The lowest BCUT2D eigenvalue weighted by atomic mass is 9.81. The Hall–Kier alpha value is -2.82. The molecule has 0 aliphatic carbocycles. The molecule has 2 aromatic rings. The van der Waals surface area contributed by atoms with E-state index < -0.39 is 0 Å². The van der Waals surface area contributed by atoms with Crippen molar-refractivity contribution in [1.82, 2.24) is 9.80 Å². The zero-order chi connectivity index (χ0) is 18.9. The van der Waals surface area contributed by atoms with Gasteiger partial charge in [-0.1, -0.05) is 48.5 Å². The molecule has 0 saturated carbocycles. The molecule has 2 saturated heterocycles. The molecule has 2 fully saturated rings. The second-order valence-corrected chi connectivity index (χ2v) is 7.57. The van der Waals surface area contributed by atoms with Crippen LogP contribution in [0.25, 0.3) is 0 Å². The molecule has 0 bridgehead atoms. The first kappa shape index (κ1) is 17.6. The smallest absolute Gasteiger partial charge is 0.321 e. The van der Waals surface area contributed by atoms with Gasteiger partial charge in [0.1, 0.15) is 0 Å². The maximum absolute atomic E-state index is 12.9. The topological polar surface area (TPSA) is 52.7 Å². The Morgan fingerprint density at radius 1 is 1.00 bits per heavy atom. The Bertz CT molecular complexity index is 814. The molecule has 2 aromatic carbocycles. The van der Waals surface area contributed by atoms with Gasteiger partial charge in [-0.2, -0.15) is 0 Å². The SMILES string of the molecule is CN1C(=O)[C@@H](c2ccccc2)CC12CCN(C(=O)Nc1ccccc1)CC2. The number of carbonyl (C=O) groups excluding carboxylic acids is 2. The molecule has 4 rings (SSSR count). The standard InChI is InChI=1S/C22H25N3O2/c1-24-20(26)19(17-8-4-2-5-9-17)16-22(24)12-14-25(15-13-22)21(27)23-18-10-6-3-7-11-18/h2-11,19H,12-16H2,1H3,(H,23,27)/t19-/m1/s1. The number of nitrogens with one attached hydrogen (secondary N) is 1. The van der Waals surface area contributed by atoms with E-state index >= 15 is 0 Å². The Labute approximate surface area is 160 Å². The number of carbonyl (C=O) groups is 2. The van der Waals surface area contributed by atoms with Crippen LogP contribution in [0.1, 0.15) is 30.7 Å². The fraction of sp³-hybridized carbons (Fsp3) is 0.364. The van der Waals surface area contributed by atoms with Gasteiger partial charge in [0.15, 0.2) is 0 Å². The second-order valence-electron chi connectivity index (χ2n) is 7.57. The molecule has 5 nitrogen and oxygen atoms in total. The van der Waals surface area contributed by atoms with Crippen LogP contribution < -0.4 is 5.32 Å². The third-order valence-corrected chi connectivity index (χ3v) is 6.13. The number of likely N-dealkylation sites (tertiary alicyclic amines) is 2. The van der Waals surface area contributed by atoms with Crippen LogP contribution in [-0.4, -0.2) is 47.4 Å². The maximum atomic E-state index is 12.9. The van der Waals surface area contributed by atoms with Crippen LogP contribution in [0.3, 0.4) is 0 Å². The second kappa shape index (κ2) is 7.06. The summed E-state index contributed by atoms with van der Waals surface area (Å²) in [5.41, 5.74) is 1.76. The Morgan fingerprint density at radius 3 is 2.22 bits per heavy atom. The number of hydrogen-bond donors (Lipinski definition) is 1. The summed E-state index contributed by atoms with van der Waals surface area (Å²) in [6.07, 6.45) is 2.47. The van der Waals surface area contributed by atoms with E-state index in [9.17, 15) is 9.59 Å². The number of likely N-dealkylation sites (N-methyl/N-ethyl adjacent to an activating group) is 1. The van der Waals surface area contributed by atoms with E-state index in [0.29, 0.717) is 13.1 Å². The number of amides is 3. The van der Waals surface area contributed by atoms with Gasteiger partial charge in [-0.05, 0) is 37.0 Å². The fourth-order valence-corrected chi connectivity index (χ4v) is 4.41. The van der Waals surface area contributed by atoms with Gasteiger partial charge in [0, 0.05) is 31.4 Å². The van der Waals surface area contributed by atoms with E-state index in [1.165, 1.54) is 0 Å². The average molecular weight is 363 g/mol. The molecule has 0 unspecified atom stereocenters. The normalized spacial score (nSPS) is 21.5. The highest BCUT2D eigenvalue weighted by Crippen LogP contribution is 2.44. The molecular formula is C22H25N3O2. The van der Waals surface area contributed by atoms with E-state index in [2.05, 4.69) is 5.32 Å². The van der Waals surface area contributed by atoms with Crippen LogP contribution in [0.15, 0.2) is 60.7 Å². The van der Waals surface area contributed by atoms with E-state index in [1.54, 1.807) is 0 Å². The van der Waals surface area contributed by atoms with Crippen molar-refractivity contribution in [2.24, 2.45) is 0 Å². The van der Waals surface area contributed by atoms with Crippen molar-refractivity contribution in [1.29, 1.82) is 0 Å². The quantitative estimate of drug-likeness (QED) is 0.884. The van der Waals surface area contributed by atoms with Crippen molar-refractivity contribution < 1.29 is 9.59 Å². The summed E-state index contributed by atoms with van der Waals surface area (Å²) < 4.78 is 0. The van der Waals surface area contributed by atoms with Crippen molar-refractivity contribution in [3.63, 3.8) is 0 Å². The first-order chi connectivity index (χ1) is 13.1. The highest BCUT2D eigenvalue weighted by atomic mass is 16.2. The molecule has 1 N–H and O–H groups in total. The average Bonchev–Trinajstić information content (AvgIpc) is 2.95. The molecule has 1 atom stereocenters. The van der Waals surface area contributed by atoms with Crippen LogP contribution in [-0.2, 0) is 4.79 Å². The van der Waals surface area contributed by atoms with Crippen LogP contribution >= 0.6 is 0 Å². The van der Waals surface area contributed by atoms with Gasteiger partial charge in [-0.3, -0.25) is 4.79 Å². The summed E-state index contributed by atoms with van der Waals surface area (Å²) >= 11 is 0. The van der Waals surface area contributed by atoms with Crippen molar-refractivity contribution in [3.05, 3.63) is 66.2 Å². The van der Waals surface area contributed by atoms with Gasteiger partial charge >= 0.3 is 6.03 Å². The van der Waals surface area contributed by atoms with Gasteiger partial charge in [0.25, 0.3) is 0 Å². The van der Waals surface area contributed by atoms with Crippen molar-refractivity contribution >= 4 is 17.6 Å². The van der Waals surface area contributed by atoms with Gasteiger partial charge in [-0.15, -0.1) is 0 Å². The minimum absolute atomic E-state index is 0.0670. The van der Waals surface area contributed by atoms with Crippen molar-refractivity contribution in [3.8, 4) is 0 Å². The predicted octanol–water partition coefficient (Wildman–Crippen LogP) is 3.70. The number of benzene rings is 2. The number of hydrogen-bond acceptors (Lipinski definition) is 2. The van der Waals surface area contributed by atoms with Crippen LogP contribution in [0, 0.1) is 0 Å². The molecule has 5 heteroatoms. The van der Waals surface area contributed by atoms with Gasteiger partial charge in [0.05, 0.1) is 5.92 Å². The Balaban J connectivity index is 1.42. The Morgan fingerprint density at radius 2 is 1.59 bits per heavy atom. The summed E-state index contributed by atoms with van der Waals surface area (Å²) in [6.45, 7) is 1.33. The summed E-state index contributed by atoms with van der Waals surface area (Å²) in [7, 11) is 1.92. The van der Waals surface area contributed by atoms with Gasteiger partial charge in [-0.25, -0.2) is 4.79 Å². The summed E-state index contributed by atoms with van der Waals surface area (Å²) in [4.78, 5) is 29.2. The van der Waals surface area contributed by atoms with E-state index in [4.69, 9.17) is 0 Å². The monoisotopic (exact) mass is 363 g/mol. The molecule has 140 valence electrons. The highest BCUT2D eigenvalue weighted by molar-refractivity contribution is 5.90. The lowest BCUT2D eigenvalue weighted by Gasteiger charge is -2.43. The third kappa shape index (κ3) is 3.29. The van der Waals surface area contributed by atoms with Crippen molar-refractivity contribution in [2.45, 2.75) is 30.7 Å². The minimum atomic E-state index is -0.138. The van der Waals surface area contributed by atoms with Gasteiger partial charge < -0.3 is 15.1 Å². The third-order valence-electron chi connectivity index (χ3n) is 6.13. The number of piperidine rings is 1. The zero-order valence-electron chi connectivity index (χ0n) is 15.6. The number of rotatable bonds is 2. The van der Waals surface area contributed by atoms with Crippen LogP contribution in [0.4, 0.5) is 10.5 Å². The molecule has 2 aliphatic rings. The lowest BCUT2D eigenvalue weighted by Crippen LogP contribution is -2.53. The van der Waals surface area contributed by atoms with Crippen LogP contribution in [0.2, 0.25) is 0 Å². The first-order valence-electron chi connectivity index (χ1n) is 9.53. The molecule has 2 heterocycles. The van der Waals surface area contributed by atoms with E-state index in [1.807, 2.05) is 77.5 Å². The van der Waals surface area contributed by atoms with Crippen molar-refractivity contribution in [2.75, 3.05) is 25.5 Å². The van der Waals surface area contributed by atoms with Gasteiger partial charge in [0.2, 0.25) is 5.91 Å². The molecular weight excluding hydrogens is 338 g/mol. The van der Waals surface area contributed by atoms with E-state index in [0.717, 1.165) is 30.5 Å². The maximum Gasteiger partial charge on any atom is 0.321 e. The largest absolute Gasteiger partial charge is 0.339 e. The first-order valence-corrected chi connectivity index (χ1v) is 9.53. The summed E-state index contributed by atoms with van der Waals surface area (Å²) in [5, 5.41) is 2.95. The highest BCUT2D eigenvalue weighted by Gasteiger charge is 2.50. The Kier molecular flexibility index (Phi) is 4.60.